The Morgan fingerprint density at radius 1 is 1.06 bits per heavy atom. The quantitative estimate of drug-likeness (QED) is 0.721. The van der Waals surface area contributed by atoms with Crippen molar-refractivity contribution in [2.75, 3.05) is 38.0 Å². The van der Waals surface area contributed by atoms with E-state index >= 15 is 0 Å². The van der Waals surface area contributed by atoms with Crippen molar-refractivity contribution in [2.45, 2.75) is 30.1 Å². The van der Waals surface area contributed by atoms with E-state index in [1.807, 2.05) is 17.9 Å². The van der Waals surface area contributed by atoms with E-state index < -0.39 is 25.9 Å². The van der Waals surface area contributed by atoms with Crippen LogP contribution in [0, 0.1) is 19.7 Å². The molecule has 1 saturated heterocycles. The Kier molecular flexibility index (Phi) is 6.10. The van der Waals surface area contributed by atoms with Gasteiger partial charge in [-0.25, -0.2) is 12.8 Å². The van der Waals surface area contributed by atoms with Gasteiger partial charge in [-0.3, -0.25) is 4.90 Å². The van der Waals surface area contributed by atoms with E-state index in [0.717, 1.165) is 11.6 Å². The first-order valence-corrected chi connectivity index (χ1v) is 13.1. The number of halogens is 1. The van der Waals surface area contributed by atoms with Crippen LogP contribution in [-0.4, -0.2) is 64.6 Å². The van der Waals surface area contributed by atoms with E-state index in [1.165, 1.54) is 16.4 Å². The predicted molar refractivity (Wildman–Crippen MR) is 120 cm³/mol. The summed E-state index contributed by atoms with van der Waals surface area (Å²) >= 11 is 0. The Balaban J connectivity index is 1.48. The maximum Gasteiger partial charge on any atom is 0.286 e. The van der Waals surface area contributed by atoms with Crippen LogP contribution in [0.15, 0.2) is 50.6 Å². The molecule has 0 bridgehead atoms. The van der Waals surface area contributed by atoms with Crippen molar-refractivity contribution >= 4 is 31.6 Å². The number of nitrogens with zero attached hydrogens (tertiary/aromatic N) is 3. The van der Waals surface area contributed by atoms with Gasteiger partial charge in [0, 0.05) is 19.6 Å². The molecule has 0 saturated carbocycles. The fourth-order valence-corrected chi connectivity index (χ4v) is 6.87. The molecule has 2 aliphatic heterocycles. The SMILES string of the molecule is Cc1ccc2c(c1)S(=O)(=O)N=C(CN1CCCN(S(=O)(=O)c3cc(F)ccc3C)CC1)N2. The Morgan fingerprint density at radius 3 is 2.62 bits per heavy atom. The lowest BCUT2D eigenvalue weighted by atomic mass is 10.2. The number of nitrogens with one attached hydrogen (secondary N) is 1. The summed E-state index contributed by atoms with van der Waals surface area (Å²) in [6.45, 7) is 5.20. The Labute approximate surface area is 187 Å². The molecular formula is C21H25FN4O4S2. The molecule has 172 valence electrons. The van der Waals surface area contributed by atoms with Crippen molar-refractivity contribution in [3.05, 3.63) is 53.3 Å². The zero-order valence-electron chi connectivity index (χ0n) is 17.9. The molecule has 0 radical (unpaired) electrons. The fraction of sp³-hybridized carbons (Fsp3) is 0.381. The van der Waals surface area contributed by atoms with Gasteiger partial charge in [-0.05, 0) is 62.2 Å². The predicted octanol–water partition coefficient (Wildman–Crippen LogP) is 2.35. The molecule has 2 heterocycles. The molecule has 4 rings (SSSR count). The van der Waals surface area contributed by atoms with Gasteiger partial charge in [-0.1, -0.05) is 12.1 Å². The van der Waals surface area contributed by atoms with Gasteiger partial charge in [0.25, 0.3) is 10.0 Å². The number of rotatable bonds is 4. The zero-order valence-corrected chi connectivity index (χ0v) is 19.5. The van der Waals surface area contributed by atoms with Crippen LogP contribution in [0.25, 0.3) is 0 Å². The lowest BCUT2D eigenvalue weighted by molar-refractivity contribution is 0.324. The third kappa shape index (κ3) is 4.56. The maximum atomic E-state index is 13.7. The van der Waals surface area contributed by atoms with Crippen LogP contribution in [-0.2, 0) is 20.0 Å². The molecule has 1 N–H and O–H groups in total. The highest BCUT2D eigenvalue weighted by atomic mass is 32.2. The molecule has 8 nitrogen and oxygen atoms in total. The van der Waals surface area contributed by atoms with Gasteiger partial charge in [0.05, 0.1) is 17.1 Å². The third-order valence-electron chi connectivity index (χ3n) is 5.61. The summed E-state index contributed by atoms with van der Waals surface area (Å²) in [7, 11) is -7.63. The minimum Gasteiger partial charge on any atom is -0.341 e. The van der Waals surface area contributed by atoms with Crippen LogP contribution in [0.1, 0.15) is 17.5 Å². The van der Waals surface area contributed by atoms with Gasteiger partial charge >= 0.3 is 0 Å². The molecule has 2 aromatic carbocycles. The van der Waals surface area contributed by atoms with E-state index in [1.54, 1.807) is 19.1 Å². The Morgan fingerprint density at radius 2 is 1.84 bits per heavy atom. The molecule has 1 fully saturated rings. The molecule has 0 aromatic heterocycles. The summed E-state index contributed by atoms with van der Waals surface area (Å²) in [5.74, 6) is -0.290. The van der Waals surface area contributed by atoms with E-state index in [2.05, 4.69) is 9.71 Å². The molecule has 0 atom stereocenters. The van der Waals surface area contributed by atoms with Gasteiger partial charge in [0.2, 0.25) is 10.0 Å². The fourth-order valence-electron chi connectivity index (χ4n) is 3.94. The van der Waals surface area contributed by atoms with Crippen LogP contribution in [0.2, 0.25) is 0 Å². The Bertz CT molecular complexity index is 1290. The smallest absolute Gasteiger partial charge is 0.286 e. The van der Waals surface area contributed by atoms with Gasteiger partial charge < -0.3 is 5.32 Å². The number of fused-ring (bicyclic) bond motifs is 1. The molecule has 2 aromatic rings. The maximum absolute atomic E-state index is 13.7. The van der Waals surface area contributed by atoms with Crippen LogP contribution in [0.3, 0.4) is 0 Å². The number of hydrogen-bond donors (Lipinski definition) is 1. The molecule has 0 aliphatic carbocycles. The van der Waals surface area contributed by atoms with Crippen LogP contribution < -0.4 is 5.32 Å². The normalized spacial score (nSPS) is 19.5. The second kappa shape index (κ2) is 8.54. The number of anilines is 1. The number of amidine groups is 1. The second-order valence-corrected chi connectivity index (χ2v) is 11.6. The van der Waals surface area contributed by atoms with Crippen LogP contribution in [0.4, 0.5) is 10.1 Å². The van der Waals surface area contributed by atoms with Crippen molar-refractivity contribution in [1.82, 2.24) is 9.21 Å². The van der Waals surface area contributed by atoms with Gasteiger partial charge in [0.15, 0.2) is 0 Å². The molecule has 32 heavy (non-hydrogen) atoms. The minimum absolute atomic E-state index is 0.0257. The summed E-state index contributed by atoms with van der Waals surface area (Å²) < 4.78 is 70.3. The standard InChI is InChI=1S/C21H25FN4O4S2/c1-15-4-7-18-20(12-15)31(27,28)24-21(23-18)14-25-8-3-9-26(11-10-25)32(29,30)19-13-17(22)6-5-16(19)2/h4-7,12-13H,3,8-11,14H2,1-2H3,(H,23,24). The average Bonchev–Trinajstić information content (AvgIpc) is 2.96. The topological polar surface area (TPSA) is 99.2 Å². The molecule has 0 unspecified atom stereocenters. The first kappa shape index (κ1) is 22.8. The number of benzene rings is 2. The van der Waals surface area contributed by atoms with E-state index in [4.69, 9.17) is 0 Å². The number of aryl methyl sites for hydroxylation is 2. The van der Waals surface area contributed by atoms with Crippen molar-refractivity contribution in [2.24, 2.45) is 4.40 Å². The average molecular weight is 481 g/mol. The molecule has 2 aliphatic rings. The first-order chi connectivity index (χ1) is 15.1. The molecular weight excluding hydrogens is 455 g/mol. The van der Waals surface area contributed by atoms with Crippen LogP contribution >= 0.6 is 0 Å². The summed E-state index contributed by atoms with van der Waals surface area (Å²) in [5, 5.41) is 3.08. The summed E-state index contributed by atoms with van der Waals surface area (Å²) in [6, 6.07) is 8.88. The van der Waals surface area contributed by atoms with E-state index in [0.29, 0.717) is 43.1 Å². The first-order valence-electron chi connectivity index (χ1n) is 10.3. The summed E-state index contributed by atoms with van der Waals surface area (Å²) in [5.41, 5.74) is 1.81. The molecule has 0 amide bonds. The van der Waals surface area contributed by atoms with Crippen molar-refractivity contribution < 1.29 is 21.2 Å². The lowest BCUT2D eigenvalue weighted by Crippen LogP contribution is -2.39. The molecule has 11 heteroatoms. The summed E-state index contributed by atoms with van der Waals surface area (Å²) in [6.07, 6.45) is 0.559. The Hall–Kier alpha value is -2.34. The van der Waals surface area contributed by atoms with Gasteiger partial charge in [0.1, 0.15) is 16.5 Å². The largest absolute Gasteiger partial charge is 0.341 e. The van der Waals surface area contributed by atoms with Gasteiger partial charge in [-0.2, -0.15) is 12.7 Å². The second-order valence-electron chi connectivity index (χ2n) is 8.08. The highest BCUT2D eigenvalue weighted by molar-refractivity contribution is 7.90. The van der Waals surface area contributed by atoms with E-state index in [-0.39, 0.29) is 22.9 Å². The van der Waals surface area contributed by atoms with Crippen molar-refractivity contribution in [3.63, 3.8) is 0 Å². The van der Waals surface area contributed by atoms with Crippen LogP contribution in [0.5, 0.6) is 0 Å². The number of hydrogen-bond acceptors (Lipinski definition) is 6. The lowest BCUT2D eigenvalue weighted by Gasteiger charge is -2.25. The highest BCUT2D eigenvalue weighted by Crippen LogP contribution is 2.28. The molecule has 0 spiro atoms. The highest BCUT2D eigenvalue weighted by Gasteiger charge is 2.30. The number of sulfonamides is 2. The van der Waals surface area contributed by atoms with Crippen molar-refractivity contribution in [3.8, 4) is 0 Å². The van der Waals surface area contributed by atoms with Gasteiger partial charge in [-0.15, -0.1) is 4.40 Å². The van der Waals surface area contributed by atoms with Crippen molar-refractivity contribution in [1.29, 1.82) is 0 Å². The monoisotopic (exact) mass is 480 g/mol. The third-order valence-corrected chi connectivity index (χ3v) is 9.01. The summed E-state index contributed by atoms with van der Waals surface area (Å²) in [4.78, 5) is 2.09. The zero-order chi connectivity index (χ0) is 23.1. The minimum atomic E-state index is -3.83. The van der Waals surface area contributed by atoms with E-state index in [9.17, 15) is 21.2 Å².